The van der Waals surface area contributed by atoms with E-state index in [0.717, 1.165) is 6.42 Å². The van der Waals surface area contributed by atoms with Crippen LogP contribution in [0.2, 0.25) is 0 Å². The Kier molecular flexibility index (Phi) is 5.06. The molecule has 0 saturated carbocycles. The van der Waals surface area contributed by atoms with Gasteiger partial charge in [-0.25, -0.2) is 0 Å². The SMILES string of the molecule is CCC(C)C(c1ccccc1)C(Cl)c1ccc(C)s1. The summed E-state index contributed by atoms with van der Waals surface area (Å²) in [5, 5.41) is 0.0658. The molecule has 0 saturated heterocycles. The highest BCUT2D eigenvalue weighted by Gasteiger charge is 2.28. The first-order chi connectivity index (χ1) is 9.13. The molecule has 1 aromatic heterocycles. The average Bonchev–Trinajstić information content (AvgIpc) is 2.86. The van der Waals surface area contributed by atoms with Gasteiger partial charge in [-0.3, -0.25) is 0 Å². The van der Waals surface area contributed by atoms with Crippen LogP contribution in [0.25, 0.3) is 0 Å². The van der Waals surface area contributed by atoms with E-state index in [0.29, 0.717) is 11.8 Å². The van der Waals surface area contributed by atoms with E-state index in [1.807, 2.05) is 11.3 Å². The molecule has 0 amide bonds. The summed E-state index contributed by atoms with van der Waals surface area (Å²) in [6, 6.07) is 15.0. The Morgan fingerprint density at radius 1 is 1.11 bits per heavy atom. The van der Waals surface area contributed by atoms with E-state index in [-0.39, 0.29) is 5.38 Å². The highest BCUT2D eigenvalue weighted by molar-refractivity contribution is 7.12. The van der Waals surface area contributed by atoms with Crippen molar-refractivity contribution < 1.29 is 0 Å². The maximum atomic E-state index is 6.80. The fourth-order valence-electron chi connectivity index (χ4n) is 2.49. The van der Waals surface area contributed by atoms with Crippen LogP contribution >= 0.6 is 22.9 Å². The second-order valence-corrected chi connectivity index (χ2v) is 6.96. The second kappa shape index (κ2) is 6.58. The van der Waals surface area contributed by atoms with Crippen LogP contribution in [0.4, 0.5) is 0 Å². The third kappa shape index (κ3) is 3.40. The molecular weight excluding hydrogens is 272 g/mol. The number of aryl methyl sites for hydroxylation is 1. The molecule has 3 unspecified atom stereocenters. The molecule has 102 valence electrons. The van der Waals surface area contributed by atoms with Gasteiger partial charge in [-0.1, -0.05) is 50.6 Å². The van der Waals surface area contributed by atoms with E-state index >= 15 is 0 Å². The molecule has 0 aliphatic heterocycles. The Balaban J connectivity index is 2.33. The van der Waals surface area contributed by atoms with Crippen molar-refractivity contribution in [1.29, 1.82) is 0 Å². The molecule has 1 heterocycles. The highest BCUT2D eigenvalue weighted by Crippen LogP contribution is 2.44. The standard InChI is InChI=1S/C17H21ClS/c1-4-12(2)16(14-8-6-5-7-9-14)17(18)15-11-10-13(3)19-15/h5-12,16-17H,4H2,1-3H3. The van der Waals surface area contributed by atoms with Gasteiger partial charge in [-0.2, -0.15) is 0 Å². The van der Waals surface area contributed by atoms with Gasteiger partial charge < -0.3 is 0 Å². The number of benzene rings is 1. The molecule has 0 spiro atoms. The highest BCUT2D eigenvalue weighted by atomic mass is 35.5. The van der Waals surface area contributed by atoms with Crippen molar-refractivity contribution in [1.82, 2.24) is 0 Å². The summed E-state index contributed by atoms with van der Waals surface area (Å²) in [5.41, 5.74) is 1.35. The fraction of sp³-hybridized carbons (Fsp3) is 0.412. The molecule has 0 N–H and O–H groups in total. The number of halogens is 1. The Labute approximate surface area is 125 Å². The van der Waals surface area contributed by atoms with Crippen molar-refractivity contribution in [3.05, 3.63) is 57.8 Å². The normalized spacial score (nSPS) is 16.0. The molecule has 0 aliphatic carbocycles. The molecule has 2 aromatic rings. The van der Waals surface area contributed by atoms with Gasteiger partial charge in [0.1, 0.15) is 0 Å². The third-order valence-electron chi connectivity index (χ3n) is 3.79. The van der Waals surface area contributed by atoms with E-state index in [1.165, 1.54) is 15.3 Å². The van der Waals surface area contributed by atoms with Gasteiger partial charge >= 0.3 is 0 Å². The summed E-state index contributed by atoms with van der Waals surface area (Å²) in [6.45, 7) is 6.68. The molecule has 0 nitrogen and oxygen atoms in total. The average molecular weight is 293 g/mol. The van der Waals surface area contributed by atoms with Crippen molar-refractivity contribution in [2.45, 2.75) is 38.5 Å². The topological polar surface area (TPSA) is 0 Å². The monoisotopic (exact) mass is 292 g/mol. The maximum Gasteiger partial charge on any atom is 0.0749 e. The number of alkyl halides is 1. The fourth-order valence-corrected chi connectivity index (χ4v) is 4.00. The van der Waals surface area contributed by atoms with Crippen LogP contribution in [0.1, 0.15) is 46.9 Å². The number of hydrogen-bond donors (Lipinski definition) is 0. The van der Waals surface area contributed by atoms with E-state index in [9.17, 15) is 0 Å². The van der Waals surface area contributed by atoms with Crippen molar-refractivity contribution >= 4 is 22.9 Å². The lowest BCUT2D eigenvalue weighted by atomic mass is 9.82. The van der Waals surface area contributed by atoms with E-state index in [4.69, 9.17) is 11.6 Å². The van der Waals surface area contributed by atoms with Gasteiger partial charge in [-0.15, -0.1) is 22.9 Å². The zero-order chi connectivity index (χ0) is 13.8. The van der Waals surface area contributed by atoms with Crippen molar-refractivity contribution in [2.24, 2.45) is 5.92 Å². The van der Waals surface area contributed by atoms with Gasteiger partial charge in [0.2, 0.25) is 0 Å². The van der Waals surface area contributed by atoms with Crippen LogP contribution in [0.3, 0.4) is 0 Å². The number of rotatable bonds is 5. The maximum absolute atomic E-state index is 6.80. The predicted octanol–water partition coefficient (Wildman–Crippen LogP) is 6.17. The molecule has 0 aliphatic rings. The molecule has 0 fully saturated rings. The Morgan fingerprint density at radius 2 is 1.79 bits per heavy atom. The first-order valence-corrected chi connectivity index (χ1v) is 8.14. The zero-order valence-electron chi connectivity index (χ0n) is 11.8. The molecule has 1 aromatic carbocycles. The minimum absolute atomic E-state index is 0.0658. The van der Waals surface area contributed by atoms with E-state index in [2.05, 4.69) is 63.2 Å². The smallest absolute Gasteiger partial charge is 0.0749 e. The second-order valence-electron chi connectivity index (χ2n) is 5.17. The zero-order valence-corrected chi connectivity index (χ0v) is 13.3. The first kappa shape index (κ1) is 14.6. The van der Waals surface area contributed by atoms with Crippen LogP contribution in [0.5, 0.6) is 0 Å². The van der Waals surface area contributed by atoms with Crippen molar-refractivity contribution in [2.75, 3.05) is 0 Å². The van der Waals surface area contributed by atoms with Gasteiger partial charge in [0.05, 0.1) is 5.38 Å². The summed E-state index contributed by atoms with van der Waals surface area (Å²) in [6.07, 6.45) is 1.15. The van der Waals surface area contributed by atoms with Gasteiger partial charge in [0, 0.05) is 15.7 Å². The molecule has 0 bridgehead atoms. The Bertz CT molecular complexity index is 503. The van der Waals surface area contributed by atoms with E-state index < -0.39 is 0 Å². The summed E-state index contributed by atoms with van der Waals surface area (Å²) >= 11 is 8.62. The lowest BCUT2D eigenvalue weighted by Gasteiger charge is -2.27. The van der Waals surface area contributed by atoms with Crippen LogP contribution < -0.4 is 0 Å². The molecule has 3 atom stereocenters. The number of hydrogen-bond acceptors (Lipinski definition) is 1. The summed E-state index contributed by atoms with van der Waals surface area (Å²) in [4.78, 5) is 2.62. The summed E-state index contributed by atoms with van der Waals surface area (Å²) in [7, 11) is 0. The van der Waals surface area contributed by atoms with E-state index in [1.54, 1.807) is 0 Å². The van der Waals surface area contributed by atoms with Gasteiger partial charge in [0.25, 0.3) is 0 Å². The molecule has 2 rings (SSSR count). The molecule has 0 radical (unpaired) electrons. The van der Waals surface area contributed by atoms with Crippen molar-refractivity contribution in [3.63, 3.8) is 0 Å². The van der Waals surface area contributed by atoms with Crippen LogP contribution in [0, 0.1) is 12.8 Å². The Morgan fingerprint density at radius 3 is 2.32 bits per heavy atom. The van der Waals surface area contributed by atoms with Gasteiger partial charge in [0.15, 0.2) is 0 Å². The van der Waals surface area contributed by atoms with Crippen LogP contribution in [0.15, 0.2) is 42.5 Å². The lowest BCUT2D eigenvalue weighted by Crippen LogP contribution is -2.14. The lowest BCUT2D eigenvalue weighted by molar-refractivity contribution is 0.436. The molecule has 19 heavy (non-hydrogen) atoms. The molecular formula is C17H21ClS. The van der Waals surface area contributed by atoms with Crippen LogP contribution in [-0.2, 0) is 0 Å². The van der Waals surface area contributed by atoms with Crippen molar-refractivity contribution in [3.8, 4) is 0 Å². The summed E-state index contributed by atoms with van der Waals surface area (Å²) in [5.74, 6) is 0.957. The number of thiophene rings is 1. The third-order valence-corrected chi connectivity index (χ3v) is 5.51. The minimum atomic E-state index is 0.0658. The minimum Gasteiger partial charge on any atom is -0.144 e. The predicted molar refractivity (Wildman–Crippen MR) is 86.3 cm³/mol. The van der Waals surface area contributed by atoms with Crippen LogP contribution in [-0.4, -0.2) is 0 Å². The summed E-state index contributed by atoms with van der Waals surface area (Å²) < 4.78 is 0. The first-order valence-electron chi connectivity index (χ1n) is 6.88. The Hall–Kier alpha value is -0.790. The largest absolute Gasteiger partial charge is 0.144 e. The van der Waals surface area contributed by atoms with Gasteiger partial charge in [-0.05, 0) is 30.5 Å². The quantitative estimate of drug-likeness (QED) is 0.578. The molecule has 2 heteroatoms.